The van der Waals surface area contributed by atoms with Gasteiger partial charge in [-0.1, -0.05) is 36.9 Å². The summed E-state index contributed by atoms with van der Waals surface area (Å²) in [6.07, 6.45) is 0. The number of fused-ring (bicyclic) bond motifs is 1. The first kappa shape index (κ1) is 18.6. The first-order valence-electron chi connectivity index (χ1n) is 8.61. The van der Waals surface area contributed by atoms with Crippen molar-refractivity contribution in [2.24, 2.45) is 0 Å². The molecule has 3 rings (SSSR count). The average Bonchev–Trinajstić information content (AvgIpc) is 2.65. The van der Waals surface area contributed by atoms with Gasteiger partial charge < -0.3 is 4.74 Å². The predicted molar refractivity (Wildman–Crippen MR) is 106 cm³/mol. The molecule has 27 heavy (non-hydrogen) atoms. The molecule has 0 aliphatic carbocycles. The summed E-state index contributed by atoms with van der Waals surface area (Å²) in [7, 11) is 0. The fraction of sp³-hybridized carbons (Fsp3) is 0.182. The number of para-hydroxylation sites is 1. The van der Waals surface area contributed by atoms with Crippen molar-refractivity contribution in [3.05, 3.63) is 78.0 Å². The minimum atomic E-state index is -1.21. The number of carbonyl (C=O) groups is 1. The highest BCUT2D eigenvalue weighted by Crippen LogP contribution is 2.31. The van der Waals surface area contributed by atoms with E-state index in [2.05, 4.69) is 11.6 Å². The largest absolute Gasteiger partial charge is 0.478 e. The molecule has 2 N–H and O–H groups in total. The van der Waals surface area contributed by atoms with E-state index in [0.717, 1.165) is 33.3 Å². The third-order valence-electron chi connectivity index (χ3n) is 4.37. The maximum atomic E-state index is 11.8. The number of hydrogen-bond donors (Lipinski definition) is 2. The van der Waals surface area contributed by atoms with Crippen LogP contribution in [0.5, 0.6) is 5.75 Å². The van der Waals surface area contributed by atoms with Crippen LogP contribution < -0.4 is 10.2 Å². The number of rotatable bonds is 5. The molecule has 0 spiro atoms. The summed E-state index contributed by atoms with van der Waals surface area (Å²) in [5, 5.41) is 9.89. The molecule has 0 aliphatic heterocycles. The van der Waals surface area contributed by atoms with Gasteiger partial charge in [0, 0.05) is 11.1 Å². The second-order valence-electron chi connectivity index (χ2n) is 6.89. The van der Waals surface area contributed by atoms with Crippen molar-refractivity contribution in [2.45, 2.75) is 26.4 Å². The maximum Gasteiger partial charge on any atom is 0.286 e. The highest BCUT2D eigenvalue weighted by atomic mass is 16.5. The number of hydrogen-bond acceptors (Lipinski definition) is 4. The van der Waals surface area contributed by atoms with Gasteiger partial charge in [0.25, 0.3) is 5.91 Å². The summed E-state index contributed by atoms with van der Waals surface area (Å²) >= 11 is 0. The lowest BCUT2D eigenvalue weighted by Crippen LogP contribution is -2.45. The van der Waals surface area contributed by atoms with Crippen molar-refractivity contribution in [3.8, 4) is 5.75 Å². The molecule has 0 unspecified atom stereocenters. The molecule has 0 aliphatic rings. The summed E-state index contributed by atoms with van der Waals surface area (Å²) in [4.78, 5) is 16.3. The molecule has 0 saturated carbocycles. The summed E-state index contributed by atoms with van der Waals surface area (Å²) in [5.74, 6) is -0.111. The van der Waals surface area contributed by atoms with Gasteiger partial charge in [-0.2, -0.15) is 0 Å². The molecular formula is C22H22N2O3. The van der Waals surface area contributed by atoms with Crippen LogP contribution in [0.25, 0.3) is 16.5 Å². The van der Waals surface area contributed by atoms with Crippen LogP contribution in [0.3, 0.4) is 0 Å². The van der Waals surface area contributed by atoms with Gasteiger partial charge in [0.15, 0.2) is 5.60 Å². The van der Waals surface area contributed by atoms with Crippen LogP contribution in [0.1, 0.15) is 30.7 Å². The smallest absolute Gasteiger partial charge is 0.286 e. The number of nitrogens with zero attached hydrogens (tertiary/aromatic N) is 1. The first-order valence-corrected chi connectivity index (χ1v) is 8.61. The number of amides is 1. The van der Waals surface area contributed by atoms with Crippen molar-refractivity contribution >= 4 is 22.4 Å². The van der Waals surface area contributed by atoms with Gasteiger partial charge in [-0.05, 0) is 61.7 Å². The lowest BCUT2D eigenvalue weighted by Gasteiger charge is -2.24. The average molecular weight is 362 g/mol. The van der Waals surface area contributed by atoms with E-state index in [1.807, 2.05) is 55.5 Å². The Kier molecular flexibility index (Phi) is 4.97. The normalized spacial score (nSPS) is 11.3. The molecule has 0 atom stereocenters. The monoisotopic (exact) mass is 362 g/mol. The zero-order valence-electron chi connectivity index (χ0n) is 15.6. The summed E-state index contributed by atoms with van der Waals surface area (Å²) in [6.45, 7) is 9.40. The Balaban J connectivity index is 1.99. The Labute approximate surface area is 158 Å². The van der Waals surface area contributed by atoms with E-state index in [-0.39, 0.29) is 0 Å². The highest BCUT2D eigenvalue weighted by Gasteiger charge is 2.29. The Bertz CT molecular complexity index is 1020. The number of benzene rings is 2. The summed E-state index contributed by atoms with van der Waals surface area (Å²) < 4.78 is 5.77. The Morgan fingerprint density at radius 2 is 1.89 bits per heavy atom. The molecule has 0 fully saturated rings. The van der Waals surface area contributed by atoms with Gasteiger partial charge >= 0.3 is 0 Å². The van der Waals surface area contributed by atoms with Crippen molar-refractivity contribution in [3.63, 3.8) is 0 Å². The molecule has 0 radical (unpaired) electrons. The Hall–Kier alpha value is -3.18. The van der Waals surface area contributed by atoms with Gasteiger partial charge in [0.05, 0.1) is 5.52 Å². The number of aryl methyl sites for hydroxylation is 1. The van der Waals surface area contributed by atoms with Gasteiger partial charge in [-0.25, -0.2) is 5.48 Å². The first-order chi connectivity index (χ1) is 12.8. The van der Waals surface area contributed by atoms with E-state index in [9.17, 15) is 4.79 Å². The van der Waals surface area contributed by atoms with E-state index < -0.39 is 11.5 Å². The lowest BCUT2D eigenvalue weighted by atomic mass is 9.95. The summed E-state index contributed by atoms with van der Waals surface area (Å²) in [5.41, 5.74) is 4.97. The second kappa shape index (κ2) is 7.21. The van der Waals surface area contributed by atoms with Crippen LogP contribution >= 0.6 is 0 Å². The minimum Gasteiger partial charge on any atom is -0.478 e. The van der Waals surface area contributed by atoms with Crippen LogP contribution in [0.15, 0.2) is 61.2 Å². The minimum absolute atomic E-state index is 0.511. The molecule has 3 aromatic rings. The number of carbonyl (C=O) groups excluding carboxylic acids is 1. The van der Waals surface area contributed by atoms with Crippen molar-refractivity contribution in [1.29, 1.82) is 0 Å². The number of pyridine rings is 1. The predicted octanol–water partition coefficient (Wildman–Crippen LogP) is 4.27. The number of hydroxylamine groups is 1. The van der Waals surface area contributed by atoms with E-state index in [1.54, 1.807) is 25.4 Å². The van der Waals surface area contributed by atoms with E-state index >= 15 is 0 Å². The quantitative estimate of drug-likeness (QED) is 0.525. The van der Waals surface area contributed by atoms with Gasteiger partial charge in [-0.3, -0.25) is 15.0 Å². The van der Waals surface area contributed by atoms with Gasteiger partial charge in [0.2, 0.25) is 0 Å². The SMILES string of the molecule is C=C(c1cccc(OC(C)(C)C(=O)NO)c1)c1cc(C)nc2ccccc12. The molecule has 1 aromatic heterocycles. The number of nitrogens with one attached hydrogen (secondary N) is 1. The number of aromatic nitrogens is 1. The van der Waals surface area contributed by atoms with Crippen LogP contribution in [-0.4, -0.2) is 21.7 Å². The van der Waals surface area contributed by atoms with Crippen LogP contribution in [-0.2, 0) is 4.79 Å². The highest BCUT2D eigenvalue weighted by molar-refractivity contribution is 5.95. The Morgan fingerprint density at radius 1 is 1.15 bits per heavy atom. The molecule has 0 bridgehead atoms. The van der Waals surface area contributed by atoms with Crippen molar-refractivity contribution in [1.82, 2.24) is 10.5 Å². The van der Waals surface area contributed by atoms with Crippen LogP contribution in [0, 0.1) is 6.92 Å². The van der Waals surface area contributed by atoms with E-state index in [0.29, 0.717) is 5.75 Å². The van der Waals surface area contributed by atoms with Crippen LogP contribution in [0.4, 0.5) is 0 Å². The molecule has 1 heterocycles. The third kappa shape index (κ3) is 3.83. The standard InChI is InChI=1S/C22H22N2O3/c1-14-12-19(18-10-5-6-11-20(18)23-14)15(2)16-8-7-9-17(13-16)27-22(3,4)21(25)24-26/h5-13,26H,2H2,1,3-4H3,(H,24,25). The fourth-order valence-electron chi connectivity index (χ4n) is 2.94. The fourth-order valence-corrected chi connectivity index (χ4v) is 2.94. The molecule has 138 valence electrons. The van der Waals surface area contributed by atoms with Gasteiger partial charge in [0.1, 0.15) is 5.75 Å². The molecule has 5 nitrogen and oxygen atoms in total. The van der Waals surface area contributed by atoms with E-state index in [4.69, 9.17) is 9.94 Å². The van der Waals surface area contributed by atoms with E-state index in [1.165, 1.54) is 0 Å². The maximum absolute atomic E-state index is 11.8. The molecule has 0 saturated heterocycles. The van der Waals surface area contributed by atoms with Crippen molar-refractivity contribution in [2.75, 3.05) is 0 Å². The third-order valence-corrected chi connectivity index (χ3v) is 4.37. The molecular weight excluding hydrogens is 340 g/mol. The van der Waals surface area contributed by atoms with Crippen molar-refractivity contribution < 1.29 is 14.7 Å². The lowest BCUT2D eigenvalue weighted by molar-refractivity contribution is -0.143. The van der Waals surface area contributed by atoms with Gasteiger partial charge in [-0.15, -0.1) is 0 Å². The zero-order valence-corrected chi connectivity index (χ0v) is 15.6. The zero-order chi connectivity index (χ0) is 19.6. The summed E-state index contributed by atoms with van der Waals surface area (Å²) in [6, 6.07) is 17.3. The number of ether oxygens (including phenoxy) is 1. The topological polar surface area (TPSA) is 71.5 Å². The molecule has 1 amide bonds. The van der Waals surface area contributed by atoms with Crippen LogP contribution in [0.2, 0.25) is 0 Å². The second-order valence-corrected chi connectivity index (χ2v) is 6.89. The Morgan fingerprint density at radius 3 is 2.63 bits per heavy atom. The molecule has 2 aromatic carbocycles. The molecule has 5 heteroatoms.